The first-order chi connectivity index (χ1) is 9.83. The number of H-pyrrole nitrogens is 1. The van der Waals surface area contributed by atoms with Crippen LogP contribution >= 0.6 is 0 Å². The Morgan fingerprint density at radius 2 is 2.10 bits per heavy atom. The predicted octanol–water partition coefficient (Wildman–Crippen LogP) is 2.26. The Hall–Kier alpha value is -2.10. The van der Waals surface area contributed by atoms with Crippen molar-refractivity contribution in [1.82, 2.24) is 15.3 Å². The van der Waals surface area contributed by atoms with Gasteiger partial charge >= 0.3 is 0 Å². The Bertz CT molecular complexity index is 590. The fraction of sp³-hybridized carbons (Fsp3) is 0.375. The third-order valence-electron chi connectivity index (χ3n) is 3.81. The number of rotatable bonds is 4. The molecular formula is C16H19N3O. The molecule has 0 radical (unpaired) electrons. The first-order valence-electron chi connectivity index (χ1n) is 7.21. The molecule has 0 bridgehead atoms. The summed E-state index contributed by atoms with van der Waals surface area (Å²) in [4.78, 5) is 19.3. The molecule has 0 atom stereocenters. The maximum Gasteiger partial charge on any atom is 0.251 e. The van der Waals surface area contributed by atoms with E-state index in [4.69, 9.17) is 0 Å². The van der Waals surface area contributed by atoms with E-state index in [2.05, 4.69) is 27.4 Å². The van der Waals surface area contributed by atoms with Gasteiger partial charge in [-0.05, 0) is 48.9 Å². The summed E-state index contributed by atoms with van der Waals surface area (Å²) in [5, 5.41) is 2.95. The lowest BCUT2D eigenvalue weighted by Crippen LogP contribution is -2.26. The summed E-state index contributed by atoms with van der Waals surface area (Å²) in [6.45, 7) is 0.601. The van der Waals surface area contributed by atoms with Crippen LogP contribution in [-0.4, -0.2) is 22.4 Å². The first-order valence-corrected chi connectivity index (χ1v) is 7.21. The predicted molar refractivity (Wildman–Crippen MR) is 77.7 cm³/mol. The van der Waals surface area contributed by atoms with Gasteiger partial charge in [-0.25, -0.2) is 4.98 Å². The van der Waals surface area contributed by atoms with Crippen LogP contribution < -0.4 is 5.32 Å². The number of carbonyl (C=O) groups excluding carboxylic acids is 1. The highest BCUT2D eigenvalue weighted by molar-refractivity contribution is 5.94. The van der Waals surface area contributed by atoms with Gasteiger partial charge in [0, 0.05) is 30.9 Å². The third kappa shape index (κ3) is 2.90. The smallest absolute Gasteiger partial charge is 0.251 e. The first kappa shape index (κ1) is 12.9. The molecule has 1 amide bonds. The molecule has 2 aromatic rings. The zero-order chi connectivity index (χ0) is 13.8. The maximum absolute atomic E-state index is 12.1. The summed E-state index contributed by atoms with van der Waals surface area (Å²) >= 11 is 0. The number of benzene rings is 1. The second kappa shape index (κ2) is 5.90. The monoisotopic (exact) mass is 269 g/mol. The number of hydrogen-bond acceptors (Lipinski definition) is 2. The van der Waals surface area contributed by atoms with Crippen molar-refractivity contribution in [3.63, 3.8) is 0 Å². The number of aromatic nitrogens is 2. The summed E-state index contributed by atoms with van der Waals surface area (Å²) in [6, 6.07) is 6.10. The molecule has 4 heteroatoms. The van der Waals surface area contributed by atoms with Gasteiger partial charge in [0.15, 0.2) is 0 Å². The topological polar surface area (TPSA) is 57.8 Å². The molecular weight excluding hydrogens is 250 g/mol. The van der Waals surface area contributed by atoms with E-state index in [-0.39, 0.29) is 5.91 Å². The van der Waals surface area contributed by atoms with Gasteiger partial charge < -0.3 is 10.3 Å². The molecule has 1 aliphatic rings. The van der Waals surface area contributed by atoms with Crippen LogP contribution in [0.4, 0.5) is 0 Å². The Labute approximate surface area is 118 Å². The van der Waals surface area contributed by atoms with Crippen LogP contribution in [0.15, 0.2) is 30.6 Å². The Morgan fingerprint density at radius 1 is 1.25 bits per heavy atom. The van der Waals surface area contributed by atoms with E-state index in [9.17, 15) is 4.79 Å². The van der Waals surface area contributed by atoms with E-state index in [1.54, 1.807) is 12.4 Å². The van der Waals surface area contributed by atoms with Crippen molar-refractivity contribution in [3.8, 4) is 0 Å². The number of aryl methyl sites for hydroxylation is 2. The Morgan fingerprint density at radius 3 is 2.90 bits per heavy atom. The molecule has 1 heterocycles. The number of nitrogens with one attached hydrogen (secondary N) is 2. The van der Waals surface area contributed by atoms with Gasteiger partial charge in [-0.15, -0.1) is 0 Å². The molecule has 0 spiro atoms. The van der Waals surface area contributed by atoms with Crippen LogP contribution in [0.3, 0.4) is 0 Å². The van der Waals surface area contributed by atoms with E-state index in [0.717, 1.165) is 30.7 Å². The zero-order valence-electron chi connectivity index (χ0n) is 11.5. The van der Waals surface area contributed by atoms with Crippen LogP contribution in [0.1, 0.15) is 40.2 Å². The van der Waals surface area contributed by atoms with E-state index in [1.165, 1.54) is 24.0 Å². The number of amides is 1. The molecule has 20 heavy (non-hydrogen) atoms. The molecule has 1 aromatic heterocycles. The summed E-state index contributed by atoms with van der Waals surface area (Å²) in [7, 11) is 0. The van der Waals surface area contributed by atoms with Gasteiger partial charge in [0.2, 0.25) is 0 Å². The number of hydrogen-bond donors (Lipinski definition) is 2. The Kier molecular flexibility index (Phi) is 3.81. The van der Waals surface area contributed by atoms with Crippen molar-refractivity contribution in [2.75, 3.05) is 6.54 Å². The molecule has 2 N–H and O–H groups in total. The highest BCUT2D eigenvalue weighted by atomic mass is 16.1. The quantitative estimate of drug-likeness (QED) is 0.894. The lowest BCUT2D eigenvalue weighted by molar-refractivity contribution is 0.0954. The molecule has 0 saturated carbocycles. The van der Waals surface area contributed by atoms with Gasteiger partial charge in [0.25, 0.3) is 5.91 Å². The fourth-order valence-corrected chi connectivity index (χ4v) is 2.71. The minimum absolute atomic E-state index is 0.00456. The number of nitrogens with zero attached hydrogens (tertiary/aromatic N) is 1. The Balaban J connectivity index is 1.59. The molecule has 4 nitrogen and oxygen atoms in total. The van der Waals surface area contributed by atoms with Crippen LogP contribution in [0.5, 0.6) is 0 Å². The zero-order valence-corrected chi connectivity index (χ0v) is 11.5. The summed E-state index contributed by atoms with van der Waals surface area (Å²) < 4.78 is 0. The fourth-order valence-electron chi connectivity index (χ4n) is 2.71. The molecule has 0 saturated heterocycles. The van der Waals surface area contributed by atoms with E-state index in [0.29, 0.717) is 6.54 Å². The lowest BCUT2D eigenvalue weighted by Gasteiger charge is -2.16. The van der Waals surface area contributed by atoms with Crippen LogP contribution in [0.2, 0.25) is 0 Å². The van der Waals surface area contributed by atoms with Gasteiger partial charge in [-0.1, -0.05) is 6.07 Å². The SMILES string of the molecule is O=C(NCCc1ncc[nH]1)c1ccc2c(c1)CCCC2. The van der Waals surface area contributed by atoms with E-state index >= 15 is 0 Å². The second-order valence-electron chi connectivity index (χ2n) is 5.23. The highest BCUT2D eigenvalue weighted by Gasteiger charge is 2.12. The molecule has 3 rings (SSSR count). The molecule has 0 aliphatic heterocycles. The maximum atomic E-state index is 12.1. The lowest BCUT2D eigenvalue weighted by atomic mass is 9.90. The van der Waals surface area contributed by atoms with Crippen molar-refractivity contribution < 1.29 is 4.79 Å². The molecule has 1 aliphatic carbocycles. The minimum Gasteiger partial charge on any atom is -0.352 e. The standard InChI is InChI=1S/C16H19N3O/c20-16(19-8-7-15-17-9-10-18-15)14-6-5-12-3-1-2-4-13(12)11-14/h5-6,9-11H,1-4,7-8H2,(H,17,18)(H,19,20). The van der Waals surface area contributed by atoms with Crippen LogP contribution in [-0.2, 0) is 19.3 Å². The van der Waals surface area contributed by atoms with Crippen molar-refractivity contribution in [2.24, 2.45) is 0 Å². The average molecular weight is 269 g/mol. The van der Waals surface area contributed by atoms with Gasteiger partial charge in [0.1, 0.15) is 5.82 Å². The molecule has 0 unspecified atom stereocenters. The van der Waals surface area contributed by atoms with E-state index < -0.39 is 0 Å². The van der Waals surface area contributed by atoms with Crippen molar-refractivity contribution in [1.29, 1.82) is 0 Å². The summed E-state index contributed by atoms with van der Waals surface area (Å²) in [5.74, 6) is 0.903. The number of imidazole rings is 1. The minimum atomic E-state index is 0.00456. The van der Waals surface area contributed by atoms with Gasteiger partial charge in [0.05, 0.1) is 0 Å². The van der Waals surface area contributed by atoms with E-state index in [1.807, 2.05) is 6.07 Å². The average Bonchev–Trinajstić information content (AvgIpc) is 3.00. The van der Waals surface area contributed by atoms with Crippen LogP contribution in [0.25, 0.3) is 0 Å². The number of fused-ring (bicyclic) bond motifs is 1. The highest BCUT2D eigenvalue weighted by Crippen LogP contribution is 2.22. The summed E-state index contributed by atoms with van der Waals surface area (Å²) in [6.07, 6.45) is 8.99. The number of aromatic amines is 1. The molecule has 104 valence electrons. The van der Waals surface area contributed by atoms with Crippen LogP contribution in [0, 0.1) is 0 Å². The molecule has 1 aromatic carbocycles. The number of carbonyl (C=O) groups is 1. The van der Waals surface area contributed by atoms with Gasteiger partial charge in [-0.2, -0.15) is 0 Å². The normalized spacial score (nSPS) is 13.8. The molecule has 0 fully saturated rings. The van der Waals surface area contributed by atoms with Gasteiger partial charge in [-0.3, -0.25) is 4.79 Å². The van der Waals surface area contributed by atoms with Crippen molar-refractivity contribution in [3.05, 3.63) is 53.1 Å². The largest absolute Gasteiger partial charge is 0.352 e. The third-order valence-corrected chi connectivity index (χ3v) is 3.81. The van der Waals surface area contributed by atoms with Crippen molar-refractivity contribution in [2.45, 2.75) is 32.1 Å². The second-order valence-corrected chi connectivity index (χ2v) is 5.23. The summed E-state index contributed by atoms with van der Waals surface area (Å²) in [5.41, 5.74) is 3.52. The van der Waals surface area contributed by atoms with Crippen molar-refractivity contribution >= 4 is 5.91 Å².